The first-order valence-electron chi connectivity index (χ1n) is 10.2. The molecule has 0 aliphatic carbocycles. The molecule has 1 N–H and O–H groups in total. The highest BCUT2D eigenvalue weighted by Crippen LogP contribution is 2.36. The molecule has 0 radical (unpaired) electrons. The normalized spacial score (nSPS) is 11.2. The van der Waals surface area contributed by atoms with Gasteiger partial charge in [0, 0.05) is 10.2 Å². The van der Waals surface area contributed by atoms with Gasteiger partial charge in [0.2, 0.25) is 0 Å². The van der Waals surface area contributed by atoms with Gasteiger partial charge in [0.25, 0.3) is 5.91 Å². The zero-order valence-corrected chi connectivity index (χ0v) is 22.4. The summed E-state index contributed by atoms with van der Waals surface area (Å²) in [6.45, 7) is 0.399. The molecular formula is C27H17Br3N2O2. The first-order chi connectivity index (χ1) is 16.4. The van der Waals surface area contributed by atoms with Crippen LogP contribution < -0.4 is 10.1 Å². The molecule has 1 amide bonds. The number of hydrogen-bond acceptors (Lipinski definition) is 3. The minimum atomic E-state index is -0.482. The fourth-order valence-electron chi connectivity index (χ4n) is 3.36. The van der Waals surface area contributed by atoms with Crippen LogP contribution in [0.2, 0.25) is 0 Å². The predicted molar refractivity (Wildman–Crippen MR) is 146 cm³/mol. The van der Waals surface area contributed by atoms with Crippen molar-refractivity contribution in [3.05, 3.63) is 109 Å². The van der Waals surface area contributed by atoms with Gasteiger partial charge in [0.15, 0.2) is 0 Å². The summed E-state index contributed by atoms with van der Waals surface area (Å²) in [4.78, 5) is 12.6. The van der Waals surface area contributed by atoms with Crippen LogP contribution in [0.3, 0.4) is 0 Å². The number of fused-ring (bicyclic) bond motifs is 1. The van der Waals surface area contributed by atoms with E-state index in [0.29, 0.717) is 32.6 Å². The first kappa shape index (κ1) is 24.2. The number of ether oxygens (including phenoxy) is 1. The molecular weight excluding hydrogens is 624 g/mol. The summed E-state index contributed by atoms with van der Waals surface area (Å²) in [5.74, 6) is 0.159. The van der Waals surface area contributed by atoms with Crippen molar-refractivity contribution in [2.75, 3.05) is 5.32 Å². The van der Waals surface area contributed by atoms with E-state index in [-0.39, 0.29) is 5.57 Å². The highest BCUT2D eigenvalue weighted by molar-refractivity contribution is 9.11. The molecule has 0 fully saturated rings. The number of anilines is 1. The maximum atomic E-state index is 12.6. The molecule has 0 bridgehead atoms. The van der Waals surface area contributed by atoms with Crippen molar-refractivity contribution in [3.8, 4) is 11.8 Å². The van der Waals surface area contributed by atoms with Crippen molar-refractivity contribution in [1.29, 1.82) is 5.26 Å². The lowest BCUT2D eigenvalue weighted by molar-refractivity contribution is -0.112. The second kappa shape index (κ2) is 11.0. The van der Waals surface area contributed by atoms with E-state index in [1.807, 2.05) is 42.5 Å². The Morgan fingerprint density at radius 1 is 0.912 bits per heavy atom. The second-order valence-corrected chi connectivity index (χ2v) is 10.0. The van der Waals surface area contributed by atoms with Gasteiger partial charge in [-0.3, -0.25) is 4.79 Å². The van der Waals surface area contributed by atoms with Gasteiger partial charge in [-0.2, -0.15) is 5.26 Å². The number of nitriles is 1. The molecule has 0 aliphatic rings. The molecule has 7 heteroatoms. The number of carbonyl (C=O) groups excluding carboxylic acids is 1. The molecule has 4 aromatic carbocycles. The van der Waals surface area contributed by atoms with Crippen LogP contribution >= 0.6 is 47.8 Å². The predicted octanol–water partition coefficient (Wildman–Crippen LogP) is 8.25. The summed E-state index contributed by atoms with van der Waals surface area (Å²) in [5.41, 5.74) is 2.32. The number of carbonyl (C=O) groups is 1. The lowest BCUT2D eigenvalue weighted by atomic mass is 10.1. The summed E-state index contributed by atoms with van der Waals surface area (Å²) in [7, 11) is 0. The zero-order chi connectivity index (χ0) is 24.1. The Labute approximate surface area is 222 Å². The quantitative estimate of drug-likeness (QED) is 0.171. The number of benzene rings is 4. The number of nitrogens with zero attached hydrogens (tertiary/aromatic N) is 1. The van der Waals surface area contributed by atoms with E-state index in [1.165, 1.54) is 11.5 Å². The molecule has 0 atom stereocenters. The molecule has 4 aromatic rings. The minimum Gasteiger partial charge on any atom is -0.487 e. The van der Waals surface area contributed by atoms with Gasteiger partial charge in [-0.25, -0.2) is 0 Å². The molecule has 0 saturated carbocycles. The lowest BCUT2D eigenvalue weighted by Crippen LogP contribution is -2.13. The van der Waals surface area contributed by atoms with Crippen molar-refractivity contribution in [2.24, 2.45) is 0 Å². The third-order valence-electron chi connectivity index (χ3n) is 4.98. The molecule has 168 valence electrons. The summed E-state index contributed by atoms with van der Waals surface area (Å²) < 4.78 is 8.31. The standard InChI is InChI=1S/C27H17Br3N2O2/c28-22-6-3-7-23(14-22)32-27(33)21(15-31)11-18-12-24(29)26(25(30)13-18)34-16-17-8-9-19-4-1-2-5-20(19)10-17/h1-14H,16H2,(H,32,33)/b21-11-. The van der Waals surface area contributed by atoms with Crippen molar-refractivity contribution >= 4 is 76.2 Å². The molecule has 0 spiro atoms. The molecule has 0 heterocycles. The van der Waals surface area contributed by atoms with Crippen LogP contribution in [0.15, 0.2) is 97.9 Å². The summed E-state index contributed by atoms with van der Waals surface area (Å²) in [6, 6.07) is 27.2. The lowest BCUT2D eigenvalue weighted by Gasteiger charge is -2.12. The van der Waals surface area contributed by atoms with E-state index in [1.54, 1.807) is 18.2 Å². The van der Waals surface area contributed by atoms with Gasteiger partial charge in [-0.15, -0.1) is 0 Å². The van der Waals surface area contributed by atoms with Crippen LogP contribution in [-0.2, 0) is 11.4 Å². The van der Waals surface area contributed by atoms with E-state index < -0.39 is 5.91 Å². The van der Waals surface area contributed by atoms with Crippen LogP contribution in [0.1, 0.15) is 11.1 Å². The van der Waals surface area contributed by atoms with Gasteiger partial charge in [0.05, 0.1) is 8.95 Å². The van der Waals surface area contributed by atoms with Gasteiger partial charge in [0.1, 0.15) is 24.0 Å². The number of halogens is 3. The third kappa shape index (κ3) is 5.95. The number of rotatable bonds is 6. The van der Waals surface area contributed by atoms with Crippen LogP contribution in [0, 0.1) is 11.3 Å². The number of hydrogen-bond donors (Lipinski definition) is 1. The van der Waals surface area contributed by atoms with Gasteiger partial charge >= 0.3 is 0 Å². The summed E-state index contributed by atoms with van der Waals surface area (Å²) in [6.07, 6.45) is 1.54. The van der Waals surface area contributed by atoms with E-state index in [2.05, 4.69) is 77.4 Å². The zero-order valence-electron chi connectivity index (χ0n) is 17.7. The van der Waals surface area contributed by atoms with E-state index in [9.17, 15) is 10.1 Å². The van der Waals surface area contributed by atoms with Crippen molar-refractivity contribution in [2.45, 2.75) is 6.61 Å². The molecule has 4 nitrogen and oxygen atoms in total. The van der Waals surface area contributed by atoms with Crippen molar-refractivity contribution in [3.63, 3.8) is 0 Å². The van der Waals surface area contributed by atoms with Crippen molar-refractivity contribution in [1.82, 2.24) is 0 Å². The van der Waals surface area contributed by atoms with E-state index in [0.717, 1.165) is 15.4 Å². The summed E-state index contributed by atoms with van der Waals surface area (Å²) in [5, 5.41) is 14.6. The fourth-order valence-corrected chi connectivity index (χ4v) is 5.21. The Bertz CT molecular complexity index is 1430. The topological polar surface area (TPSA) is 62.1 Å². The first-order valence-corrected chi connectivity index (χ1v) is 12.6. The molecule has 0 unspecified atom stereocenters. The van der Waals surface area contributed by atoms with Crippen molar-refractivity contribution < 1.29 is 9.53 Å². The smallest absolute Gasteiger partial charge is 0.266 e. The second-order valence-electron chi connectivity index (χ2n) is 7.42. The van der Waals surface area contributed by atoms with Crippen LogP contribution in [0.5, 0.6) is 5.75 Å². The Morgan fingerprint density at radius 2 is 1.65 bits per heavy atom. The Balaban J connectivity index is 1.50. The summed E-state index contributed by atoms with van der Waals surface area (Å²) >= 11 is 10.5. The van der Waals surface area contributed by atoms with Gasteiger partial charge in [-0.05, 0) is 96.2 Å². The maximum absolute atomic E-state index is 12.6. The average Bonchev–Trinajstić information content (AvgIpc) is 2.82. The minimum absolute atomic E-state index is 0.0105. The fraction of sp³-hybridized carbons (Fsp3) is 0.0370. The maximum Gasteiger partial charge on any atom is 0.266 e. The van der Waals surface area contributed by atoms with Crippen LogP contribution in [0.4, 0.5) is 5.69 Å². The molecule has 0 aromatic heterocycles. The Morgan fingerprint density at radius 3 is 2.35 bits per heavy atom. The Hall–Kier alpha value is -2.92. The third-order valence-corrected chi connectivity index (χ3v) is 6.65. The van der Waals surface area contributed by atoms with E-state index >= 15 is 0 Å². The Kier molecular flexibility index (Phi) is 7.84. The number of nitrogens with one attached hydrogen (secondary N) is 1. The van der Waals surface area contributed by atoms with Gasteiger partial charge < -0.3 is 10.1 Å². The SMILES string of the molecule is N#C/C(=C/c1cc(Br)c(OCc2ccc3ccccc3c2)c(Br)c1)C(=O)Nc1cccc(Br)c1. The monoisotopic (exact) mass is 638 g/mol. The average molecular weight is 641 g/mol. The molecule has 0 saturated heterocycles. The highest BCUT2D eigenvalue weighted by atomic mass is 79.9. The number of amides is 1. The van der Waals surface area contributed by atoms with E-state index in [4.69, 9.17) is 4.74 Å². The molecule has 0 aliphatic heterocycles. The molecule has 34 heavy (non-hydrogen) atoms. The van der Waals surface area contributed by atoms with Crippen LogP contribution in [-0.4, -0.2) is 5.91 Å². The largest absolute Gasteiger partial charge is 0.487 e. The van der Waals surface area contributed by atoms with Crippen LogP contribution in [0.25, 0.3) is 16.8 Å². The molecule has 4 rings (SSSR count). The van der Waals surface area contributed by atoms with Gasteiger partial charge in [-0.1, -0.05) is 58.4 Å². The highest BCUT2D eigenvalue weighted by Gasteiger charge is 2.13.